The van der Waals surface area contributed by atoms with Crippen molar-refractivity contribution in [3.05, 3.63) is 35.4 Å². The van der Waals surface area contributed by atoms with Crippen LogP contribution in [0.25, 0.3) is 0 Å². The van der Waals surface area contributed by atoms with Crippen LogP contribution in [-0.2, 0) is 0 Å². The number of nitriles is 1. The second-order valence-electron chi connectivity index (χ2n) is 5.87. The molecule has 0 amide bonds. The number of carboxylic acid groups (broad SMARTS) is 1. The number of aromatic carboxylic acids is 1. The molecule has 1 atom stereocenters. The highest BCUT2D eigenvalue weighted by Crippen LogP contribution is 2.60. The van der Waals surface area contributed by atoms with Crippen LogP contribution in [0.3, 0.4) is 0 Å². The summed E-state index contributed by atoms with van der Waals surface area (Å²) in [6.45, 7) is 0. The number of hydrogen-bond acceptors (Lipinski definition) is 3. The van der Waals surface area contributed by atoms with Gasteiger partial charge in [0.15, 0.2) is 0 Å². The lowest BCUT2D eigenvalue weighted by Gasteiger charge is -2.27. The lowest BCUT2D eigenvalue weighted by atomic mass is 9.81. The maximum absolute atomic E-state index is 10.9. The summed E-state index contributed by atoms with van der Waals surface area (Å²) in [5.41, 5.74) is -1.09. The molecule has 0 unspecified atom stereocenters. The molecule has 2 aliphatic rings. The van der Waals surface area contributed by atoms with E-state index in [0.717, 1.165) is 12.8 Å². The monoisotopic (exact) mass is 281 g/mol. The Bertz CT molecular complexity index is 681. The highest BCUT2D eigenvalue weighted by Gasteiger charge is 2.64. The number of carbonyl (C=O) groups is 1. The Hall–Kier alpha value is -2.30. The summed E-state index contributed by atoms with van der Waals surface area (Å²) in [5.74, 6) is 4.93. The fraction of sp³-hybridized carbons (Fsp3) is 0.412. The zero-order chi connectivity index (χ0) is 15.1. The van der Waals surface area contributed by atoms with Gasteiger partial charge in [-0.15, -0.1) is 0 Å². The highest BCUT2D eigenvalue weighted by atomic mass is 16.4. The van der Waals surface area contributed by atoms with E-state index in [-0.39, 0.29) is 11.5 Å². The molecule has 4 heteroatoms. The molecule has 0 aliphatic heterocycles. The number of nitrogens with zero attached hydrogens (tertiary/aromatic N) is 1. The minimum absolute atomic E-state index is 0.0884. The number of hydrogen-bond donors (Lipinski definition) is 2. The Kier molecular flexibility index (Phi) is 3.01. The van der Waals surface area contributed by atoms with Crippen LogP contribution in [0.5, 0.6) is 0 Å². The van der Waals surface area contributed by atoms with Crippen LogP contribution in [-0.4, -0.2) is 21.8 Å². The molecular formula is C17H15NO3. The molecule has 0 saturated heterocycles. The van der Waals surface area contributed by atoms with E-state index in [1.807, 2.05) is 0 Å². The van der Waals surface area contributed by atoms with Gasteiger partial charge in [0.2, 0.25) is 0 Å². The van der Waals surface area contributed by atoms with Gasteiger partial charge in [0.05, 0.1) is 17.0 Å². The lowest BCUT2D eigenvalue weighted by molar-refractivity contribution is 0.0267. The maximum atomic E-state index is 10.9. The first-order valence-electron chi connectivity index (χ1n) is 7.01. The Morgan fingerprint density at radius 1 is 1.29 bits per heavy atom. The Balaban J connectivity index is 1.88. The van der Waals surface area contributed by atoms with E-state index >= 15 is 0 Å². The molecule has 21 heavy (non-hydrogen) atoms. The largest absolute Gasteiger partial charge is 0.478 e. The van der Waals surface area contributed by atoms with Crippen molar-refractivity contribution < 1.29 is 15.0 Å². The van der Waals surface area contributed by atoms with Gasteiger partial charge in [-0.3, -0.25) is 0 Å². The smallest absolute Gasteiger partial charge is 0.335 e. The molecule has 0 aromatic heterocycles. The second kappa shape index (κ2) is 4.62. The summed E-state index contributed by atoms with van der Waals surface area (Å²) in [6.07, 6.45) is 3.21. The van der Waals surface area contributed by atoms with Gasteiger partial charge >= 0.3 is 5.97 Å². The summed E-state index contributed by atoms with van der Waals surface area (Å²) in [6, 6.07) is 8.46. The number of carboxylic acids is 1. The first-order chi connectivity index (χ1) is 10.0. The first-order valence-corrected chi connectivity index (χ1v) is 7.01. The van der Waals surface area contributed by atoms with Gasteiger partial charge in [-0.05, 0) is 49.9 Å². The highest BCUT2D eigenvalue weighted by molar-refractivity contribution is 5.87. The summed E-state index contributed by atoms with van der Waals surface area (Å²) in [4.78, 5) is 10.8. The van der Waals surface area contributed by atoms with Gasteiger partial charge in [0.25, 0.3) is 0 Å². The van der Waals surface area contributed by atoms with Crippen molar-refractivity contribution >= 4 is 5.97 Å². The van der Waals surface area contributed by atoms with Crippen LogP contribution in [0.1, 0.15) is 41.6 Å². The molecule has 4 nitrogen and oxygen atoms in total. The van der Waals surface area contributed by atoms with Gasteiger partial charge < -0.3 is 10.2 Å². The van der Waals surface area contributed by atoms with Crippen LogP contribution in [0.15, 0.2) is 24.3 Å². The number of aliphatic hydroxyl groups is 1. The molecule has 1 aromatic rings. The summed E-state index contributed by atoms with van der Waals surface area (Å²) < 4.78 is 0. The molecule has 2 fully saturated rings. The molecule has 0 bridgehead atoms. The fourth-order valence-electron chi connectivity index (χ4n) is 2.68. The minimum Gasteiger partial charge on any atom is -0.478 e. The lowest BCUT2D eigenvalue weighted by Crippen LogP contribution is -2.39. The molecule has 0 radical (unpaired) electrons. The third-order valence-electron chi connectivity index (χ3n) is 4.39. The van der Waals surface area contributed by atoms with Gasteiger partial charge in [0, 0.05) is 11.5 Å². The second-order valence-corrected chi connectivity index (χ2v) is 5.87. The zero-order valence-electron chi connectivity index (χ0n) is 11.5. The van der Waals surface area contributed by atoms with Crippen LogP contribution in [0, 0.1) is 34.5 Å². The molecule has 0 heterocycles. The molecular weight excluding hydrogens is 266 g/mol. The molecule has 2 N–H and O–H groups in total. The van der Waals surface area contributed by atoms with Gasteiger partial charge in [0.1, 0.15) is 5.60 Å². The van der Waals surface area contributed by atoms with Crippen LogP contribution in [0.4, 0.5) is 0 Å². The average Bonchev–Trinajstić information content (AvgIpc) is 3.38. The molecule has 3 rings (SSSR count). The maximum Gasteiger partial charge on any atom is 0.335 e. The van der Waals surface area contributed by atoms with E-state index in [9.17, 15) is 15.2 Å². The van der Waals surface area contributed by atoms with Crippen molar-refractivity contribution in [1.82, 2.24) is 0 Å². The van der Waals surface area contributed by atoms with Crippen molar-refractivity contribution in [2.45, 2.75) is 31.3 Å². The van der Waals surface area contributed by atoms with Gasteiger partial charge in [-0.2, -0.15) is 5.26 Å². The van der Waals surface area contributed by atoms with E-state index in [4.69, 9.17) is 5.11 Å². The predicted octanol–water partition coefficient (Wildman–Crippen LogP) is 2.18. The third kappa shape index (κ3) is 2.28. The van der Waals surface area contributed by atoms with Crippen molar-refractivity contribution in [1.29, 1.82) is 5.26 Å². The zero-order valence-corrected chi connectivity index (χ0v) is 11.5. The topological polar surface area (TPSA) is 81.3 Å². The first kappa shape index (κ1) is 13.7. The quantitative estimate of drug-likeness (QED) is 0.832. The molecule has 1 aromatic carbocycles. The van der Waals surface area contributed by atoms with Crippen molar-refractivity contribution in [2.75, 3.05) is 0 Å². The standard InChI is InChI=1S/C17H15NO3/c18-11-16(9-10-16)17(21,14-5-6-14)8-7-12-1-3-13(4-2-12)15(19)20/h1-4,14,21H,5-6,9-10H2,(H,19,20)/t17-/m0/s1. The van der Waals surface area contributed by atoms with Crippen LogP contribution >= 0.6 is 0 Å². The Morgan fingerprint density at radius 3 is 2.33 bits per heavy atom. The Morgan fingerprint density at radius 2 is 1.90 bits per heavy atom. The number of rotatable bonds is 3. The molecule has 106 valence electrons. The van der Waals surface area contributed by atoms with E-state index in [1.54, 1.807) is 12.1 Å². The predicted molar refractivity (Wildman–Crippen MR) is 75.2 cm³/mol. The minimum atomic E-state index is -1.23. The SMILES string of the molecule is N#CC1([C@](O)(C#Cc2ccc(C(=O)O)cc2)C2CC2)CC1. The van der Waals surface area contributed by atoms with Crippen LogP contribution in [0.2, 0.25) is 0 Å². The van der Waals surface area contributed by atoms with Crippen molar-refractivity contribution in [3.63, 3.8) is 0 Å². The molecule has 2 saturated carbocycles. The third-order valence-corrected chi connectivity index (χ3v) is 4.39. The van der Waals surface area contributed by atoms with E-state index in [0.29, 0.717) is 18.4 Å². The van der Waals surface area contributed by atoms with Gasteiger partial charge in [-0.25, -0.2) is 4.79 Å². The summed E-state index contributed by atoms with van der Waals surface area (Å²) in [7, 11) is 0. The fourth-order valence-corrected chi connectivity index (χ4v) is 2.68. The van der Waals surface area contributed by atoms with Crippen molar-refractivity contribution in [2.24, 2.45) is 11.3 Å². The average molecular weight is 281 g/mol. The van der Waals surface area contributed by atoms with E-state index < -0.39 is 17.0 Å². The van der Waals surface area contributed by atoms with E-state index in [1.165, 1.54) is 12.1 Å². The van der Waals surface area contributed by atoms with Crippen LogP contribution < -0.4 is 0 Å². The van der Waals surface area contributed by atoms with Crippen molar-refractivity contribution in [3.8, 4) is 17.9 Å². The van der Waals surface area contributed by atoms with E-state index in [2.05, 4.69) is 17.9 Å². The summed E-state index contributed by atoms with van der Waals surface area (Å²) >= 11 is 0. The Labute approximate surface area is 123 Å². The number of benzene rings is 1. The normalized spacial score (nSPS) is 21.3. The summed E-state index contributed by atoms with van der Waals surface area (Å²) in [5, 5.41) is 29.0. The van der Waals surface area contributed by atoms with Gasteiger partial charge in [-0.1, -0.05) is 11.8 Å². The molecule has 2 aliphatic carbocycles. The molecule has 0 spiro atoms.